The van der Waals surface area contributed by atoms with Crippen LogP contribution < -0.4 is 5.32 Å². The van der Waals surface area contributed by atoms with Crippen LogP contribution in [-0.2, 0) is 0 Å². The van der Waals surface area contributed by atoms with Crippen LogP contribution in [0.15, 0.2) is 24.5 Å². The fourth-order valence-corrected chi connectivity index (χ4v) is 1.27. The number of hydrogen-bond donors (Lipinski definition) is 1. The predicted molar refractivity (Wildman–Crippen MR) is 60.1 cm³/mol. The van der Waals surface area contributed by atoms with E-state index in [1.807, 2.05) is 18.5 Å². The van der Waals surface area contributed by atoms with E-state index in [9.17, 15) is 0 Å². The molecule has 14 heavy (non-hydrogen) atoms. The minimum Gasteiger partial charge on any atom is -0.310 e. The lowest BCUT2D eigenvalue weighted by atomic mass is 10.1. The number of nitrogens with zero attached hydrogens (tertiary/aromatic N) is 1. The Morgan fingerprint density at radius 3 is 2.79 bits per heavy atom. The standard InChI is InChI=1S/C12H20N2/c1-4-10(2)8-14-11(3)12-6-5-7-13-9-12/h5-7,9-11,14H,4,8H2,1-3H3. The van der Waals surface area contributed by atoms with Crippen molar-refractivity contribution in [3.05, 3.63) is 30.1 Å². The van der Waals surface area contributed by atoms with E-state index in [0.29, 0.717) is 6.04 Å². The highest BCUT2D eigenvalue weighted by molar-refractivity contribution is 5.12. The van der Waals surface area contributed by atoms with Crippen molar-refractivity contribution in [2.45, 2.75) is 33.2 Å². The third kappa shape index (κ3) is 3.46. The van der Waals surface area contributed by atoms with Gasteiger partial charge in [0.1, 0.15) is 0 Å². The topological polar surface area (TPSA) is 24.9 Å². The summed E-state index contributed by atoms with van der Waals surface area (Å²) < 4.78 is 0. The molecule has 0 fully saturated rings. The Labute approximate surface area is 86.8 Å². The Kier molecular flexibility index (Phi) is 4.60. The van der Waals surface area contributed by atoms with E-state index in [1.165, 1.54) is 12.0 Å². The molecule has 1 N–H and O–H groups in total. The molecule has 0 aliphatic rings. The van der Waals surface area contributed by atoms with Crippen molar-refractivity contribution in [1.29, 1.82) is 0 Å². The summed E-state index contributed by atoms with van der Waals surface area (Å²) in [5, 5.41) is 3.51. The monoisotopic (exact) mass is 192 g/mol. The average molecular weight is 192 g/mol. The third-order valence-electron chi connectivity index (χ3n) is 2.65. The van der Waals surface area contributed by atoms with E-state index in [4.69, 9.17) is 0 Å². The summed E-state index contributed by atoms with van der Waals surface area (Å²) >= 11 is 0. The first-order chi connectivity index (χ1) is 6.74. The molecule has 2 heteroatoms. The zero-order chi connectivity index (χ0) is 10.4. The van der Waals surface area contributed by atoms with Crippen LogP contribution in [0.1, 0.15) is 38.8 Å². The summed E-state index contributed by atoms with van der Waals surface area (Å²) in [6, 6.07) is 4.50. The van der Waals surface area contributed by atoms with Crippen molar-refractivity contribution >= 4 is 0 Å². The van der Waals surface area contributed by atoms with Crippen molar-refractivity contribution in [1.82, 2.24) is 10.3 Å². The highest BCUT2D eigenvalue weighted by Gasteiger charge is 2.05. The molecule has 1 rings (SSSR count). The molecule has 1 heterocycles. The van der Waals surface area contributed by atoms with Gasteiger partial charge < -0.3 is 5.32 Å². The minimum absolute atomic E-state index is 0.401. The van der Waals surface area contributed by atoms with Gasteiger partial charge in [0.25, 0.3) is 0 Å². The first-order valence-corrected chi connectivity index (χ1v) is 5.37. The van der Waals surface area contributed by atoms with E-state index in [0.717, 1.165) is 12.5 Å². The first kappa shape index (κ1) is 11.2. The largest absolute Gasteiger partial charge is 0.310 e. The second-order valence-electron chi connectivity index (χ2n) is 3.93. The van der Waals surface area contributed by atoms with Gasteiger partial charge in [-0.15, -0.1) is 0 Å². The lowest BCUT2D eigenvalue weighted by molar-refractivity contribution is 0.460. The van der Waals surface area contributed by atoms with Crippen LogP contribution >= 0.6 is 0 Å². The number of nitrogens with one attached hydrogen (secondary N) is 1. The minimum atomic E-state index is 0.401. The van der Waals surface area contributed by atoms with Gasteiger partial charge >= 0.3 is 0 Å². The van der Waals surface area contributed by atoms with Crippen LogP contribution in [0.4, 0.5) is 0 Å². The van der Waals surface area contributed by atoms with Crippen molar-refractivity contribution in [3.63, 3.8) is 0 Å². The Hall–Kier alpha value is -0.890. The quantitative estimate of drug-likeness (QED) is 0.776. The van der Waals surface area contributed by atoms with E-state index in [-0.39, 0.29) is 0 Å². The molecule has 78 valence electrons. The number of pyridine rings is 1. The van der Waals surface area contributed by atoms with Gasteiger partial charge in [-0.25, -0.2) is 0 Å². The van der Waals surface area contributed by atoms with Crippen molar-refractivity contribution in [2.24, 2.45) is 5.92 Å². The van der Waals surface area contributed by atoms with Crippen LogP contribution in [-0.4, -0.2) is 11.5 Å². The van der Waals surface area contributed by atoms with Crippen LogP contribution in [0.5, 0.6) is 0 Å². The molecule has 0 aromatic carbocycles. The summed E-state index contributed by atoms with van der Waals surface area (Å²) in [6.07, 6.45) is 4.96. The van der Waals surface area contributed by atoms with E-state index >= 15 is 0 Å². The Morgan fingerprint density at radius 2 is 2.21 bits per heavy atom. The smallest absolute Gasteiger partial charge is 0.0315 e. The molecule has 1 aromatic rings. The van der Waals surface area contributed by atoms with Crippen LogP contribution in [0.3, 0.4) is 0 Å². The van der Waals surface area contributed by atoms with Crippen molar-refractivity contribution in [3.8, 4) is 0 Å². The van der Waals surface area contributed by atoms with Crippen molar-refractivity contribution in [2.75, 3.05) is 6.54 Å². The van der Waals surface area contributed by atoms with E-state index < -0.39 is 0 Å². The van der Waals surface area contributed by atoms with Crippen LogP contribution in [0.2, 0.25) is 0 Å². The summed E-state index contributed by atoms with van der Waals surface area (Å²) in [5.74, 6) is 0.745. The van der Waals surface area contributed by atoms with Gasteiger partial charge in [0.2, 0.25) is 0 Å². The molecule has 0 spiro atoms. The average Bonchev–Trinajstić information content (AvgIpc) is 2.26. The summed E-state index contributed by atoms with van der Waals surface area (Å²) in [5.41, 5.74) is 1.26. The van der Waals surface area contributed by atoms with Gasteiger partial charge in [-0.2, -0.15) is 0 Å². The van der Waals surface area contributed by atoms with Crippen molar-refractivity contribution < 1.29 is 0 Å². The SMILES string of the molecule is CCC(C)CNC(C)c1cccnc1. The fourth-order valence-electron chi connectivity index (χ4n) is 1.27. The Morgan fingerprint density at radius 1 is 1.43 bits per heavy atom. The lowest BCUT2D eigenvalue weighted by Crippen LogP contribution is -2.24. The van der Waals surface area contributed by atoms with Gasteiger partial charge in [0.15, 0.2) is 0 Å². The van der Waals surface area contributed by atoms with Gasteiger partial charge in [0.05, 0.1) is 0 Å². The first-order valence-electron chi connectivity index (χ1n) is 5.37. The normalized spacial score (nSPS) is 15.1. The molecular formula is C12H20N2. The molecule has 2 nitrogen and oxygen atoms in total. The summed E-state index contributed by atoms with van der Waals surface area (Å²) in [7, 11) is 0. The summed E-state index contributed by atoms with van der Waals surface area (Å²) in [6.45, 7) is 7.75. The second kappa shape index (κ2) is 5.76. The number of hydrogen-bond acceptors (Lipinski definition) is 2. The fraction of sp³-hybridized carbons (Fsp3) is 0.583. The van der Waals surface area contributed by atoms with E-state index in [1.54, 1.807) is 0 Å². The Balaban J connectivity index is 2.39. The third-order valence-corrected chi connectivity index (χ3v) is 2.65. The molecule has 0 saturated carbocycles. The zero-order valence-corrected chi connectivity index (χ0v) is 9.33. The van der Waals surface area contributed by atoms with Crippen LogP contribution in [0, 0.1) is 5.92 Å². The predicted octanol–water partition coefficient (Wildman–Crippen LogP) is 2.78. The zero-order valence-electron chi connectivity index (χ0n) is 9.33. The molecule has 0 amide bonds. The van der Waals surface area contributed by atoms with E-state index in [2.05, 4.69) is 37.1 Å². The van der Waals surface area contributed by atoms with Gasteiger partial charge in [-0.3, -0.25) is 4.98 Å². The summed E-state index contributed by atoms with van der Waals surface area (Å²) in [4.78, 5) is 4.11. The maximum atomic E-state index is 4.11. The molecule has 0 saturated heterocycles. The number of aromatic nitrogens is 1. The van der Waals surface area contributed by atoms with Gasteiger partial charge in [0, 0.05) is 18.4 Å². The Bertz CT molecular complexity index is 246. The maximum Gasteiger partial charge on any atom is 0.0315 e. The molecule has 2 unspecified atom stereocenters. The number of rotatable bonds is 5. The molecule has 0 aliphatic carbocycles. The van der Waals surface area contributed by atoms with Gasteiger partial charge in [-0.1, -0.05) is 26.3 Å². The lowest BCUT2D eigenvalue weighted by Gasteiger charge is -2.16. The molecule has 0 bridgehead atoms. The van der Waals surface area contributed by atoms with Crippen LogP contribution in [0.25, 0.3) is 0 Å². The molecule has 0 radical (unpaired) electrons. The molecular weight excluding hydrogens is 172 g/mol. The second-order valence-corrected chi connectivity index (χ2v) is 3.93. The molecule has 0 aliphatic heterocycles. The van der Waals surface area contributed by atoms with Gasteiger partial charge in [-0.05, 0) is 31.0 Å². The molecule has 1 aromatic heterocycles. The molecule has 2 atom stereocenters. The maximum absolute atomic E-state index is 4.11. The highest BCUT2D eigenvalue weighted by Crippen LogP contribution is 2.10. The highest BCUT2D eigenvalue weighted by atomic mass is 14.9.